The van der Waals surface area contributed by atoms with E-state index in [0.29, 0.717) is 0 Å². The Balaban J connectivity index is 2.81. The van der Waals surface area contributed by atoms with Crippen molar-refractivity contribution in [3.8, 4) is 0 Å². The van der Waals surface area contributed by atoms with E-state index in [-0.39, 0.29) is 0 Å². The van der Waals surface area contributed by atoms with Gasteiger partial charge in [0.2, 0.25) is 0 Å². The standard InChI is InChI=1S/C5H11N/c1-4-5-6(2)3/h4H,1,5H2,2-3H3/i2+2. The zero-order valence-electron chi connectivity index (χ0n) is 4.44. The molecule has 0 fully saturated rings. The van der Waals surface area contributed by atoms with E-state index in [1.165, 1.54) is 0 Å². The largest absolute Gasteiger partial charge is 0.306 e. The van der Waals surface area contributed by atoms with Crippen molar-refractivity contribution in [2.24, 2.45) is 0 Å². The molecule has 0 aromatic heterocycles. The van der Waals surface area contributed by atoms with Gasteiger partial charge in [-0.15, -0.1) is 6.58 Å². The van der Waals surface area contributed by atoms with E-state index in [0.717, 1.165) is 6.54 Å². The maximum atomic E-state index is 3.56. The summed E-state index contributed by atoms with van der Waals surface area (Å²) in [5.41, 5.74) is 0. The molecule has 0 saturated heterocycles. The average Bonchev–Trinajstić information content (AvgIpc) is 1.35. The Hall–Kier alpha value is -0.300. The molecule has 0 bridgehead atoms. The second-order valence-corrected chi connectivity index (χ2v) is 1.55. The van der Waals surface area contributed by atoms with Crippen LogP contribution in [0.4, 0.5) is 0 Å². The first-order valence-corrected chi connectivity index (χ1v) is 2.03. The van der Waals surface area contributed by atoms with Crippen LogP contribution in [-0.2, 0) is 0 Å². The van der Waals surface area contributed by atoms with Crippen molar-refractivity contribution in [1.29, 1.82) is 0 Å². The van der Waals surface area contributed by atoms with Gasteiger partial charge in [0.15, 0.2) is 0 Å². The lowest BCUT2D eigenvalue weighted by Crippen LogP contribution is -2.09. The number of hydrogen-bond donors (Lipinski definition) is 0. The molecule has 0 unspecified atom stereocenters. The maximum Gasteiger partial charge on any atom is 0.0154 e. The van der Waals surface area contributed by atoms with Gasteiger partial charge in [0.25, 0.3) is 0 Å². The van der Waals surface area contributed by atoms with Gasteiger partial charge in [0.1, 0.15) is 0 Å². The predicted octanol–water partition coefficient (Wildman–Crippen LogP) is 0.734. The molecule has 0 aromatic carbocycles. The van der Waals surface area contributed by atoms with Crippen LogP contribution in [0.15, 0.2) is 12.7 Å². The highest BCUT2D eigenvalue weighted by molar-refractivity contribution is 4.68. The van der Waals surface area contributed by atoms with E-state index in [4.69, 9.17) is 0 Å². The molecule has 0 aliphatic carbocycles. The van der Waals surface area contributed by atoms with Crippen molar-refractivity contribution < 1.29 is 0 Å². The first-order valence-electron chi connectivity index (χ1n) is 2.03. The minimum atomic E-state index is 0.972. The lowest BCUT2D eigenvalue weighted by Gasteiger charge is -2.01. The van der Waals surface area contributed by atoms with Crippen molar-refractivity contribution in [2.75, 3.05) is 20.6 Å². The van der Waals surface area contributed by atoms with E-state index in [2.05, 4.69) is 11.5 Å². The third-order valence-electron chi connectivity index (χ3n) is 0.494. The van der Waals surface area contributed by atoms with Gasteiger partial charge in [-0.2, -0.15) is 0 Å². The van der Waals surface area contributed by atoms with Crippen LogP contribution in [0.1, 0.15) is 0 Å². The molecule has 1 heteroatoms. The summed E-state index contributed by atoms with van der Waals surface area (Å²) in [7, 11) is 4.03. The van der Waals surface area contributed by atoms with Crippen LogP contribution in [-0.4, -0.2) is 25.5 Å². The molecule has 0 N–H and O–H groups in total. The van der Waals surface area contributed by atoms with Crippen LogP contribution in [0.25, 0.3) is 0 Å². The number of hydrogen-bond acceptors (Lipinski definition) is 1. The highest BCUT2D eigenvalue weighted by Gasteiger charge is 1.75. The Bertz CT molecular complexity index is 39.2. The molecular weight excluding hydrogens is 76.1 g/mol. The quantitative estimate of drug-likeness (QED) is 0.449. The Labute approximate surface area is 39.3 Å². The summed E-state index contributed by atoms with van der Waals surface area (Å²) in [6, 6.07) is 0. The third-order valence-corrected chi connectivity index (χ3v) is 0.494. The van der Waals surface area contributed by atoms with Gasteiger partial charge in [-0.1, -0.05) is 6.08 Å². The minimum Gasteiger partial charge on any atom is -0.306 e. The Morgan fingerprint density at radius 1 is 2.00 bits per heavy atom. The fourth-order valence-electron chi connectivity index (χ4n) is 0.258. The van der Waals surface area contributed by atoms with E-state index < -0.39 is 0 Å². The molecule has 0 radical (unpaired) electrons. The predicted molar refractivity (Wildman–Crippen MR) is 28.8 cm³/mol. The van der Waals surface area contributed by atoms with Crippen LogP contribution < -0.4 is 0 Å². The summed E-state index contributed by atoms with van der Waals surface area (Å²) in [4.78, 5) is 2.06. The zero-order valence-corrected chi connectivity index (χ0v) is 4.44. The van der Waals surface area contributed by atoms with Crippen molar-refractivity contribution in [2.45, 2.75) is 0 Å². The number of nitrogens with zero attached hydrogens (tertiary/aromatic N) is 1. The van der Waals surface area contributed by atoms with Crippen LogP contribution in [0.2, 0.25) is 0 Å². The smallest absolute Gasteiger partial charge is 0.0154 e. The van der Waals surface area contributed by atoms with Gasteiger partial charge in [0, 0.05) is 6.54 Å². The summed E-state index contributed by atoms with van der Waals surface area (Å²) >= 11 is 0. The first kappa shape index (κ1) is 5.70. The van der Waals surface area contributed by atoms with E-state index in [1.807, 2.05) is 20.2 Å². The van der Waals surface area contributed by atoms with Crippen LogP contribution >= 0.6 is 0 Å². The zero-order chi connectivity index (χ0) is 4.99. The summed E-state index contributed by atoms with van der Waals surface area (Å²) in [5.74, 6) is 0. The molecule has 0 spiro atoms. The van der Waals surface area contributed by atoms with Crippen molar-refractivity contribution in [1.82, 2.24) is 4.90 Å². The fraction of sp³-hybridized carbons (Fsp3) is 0.600. The molecule has 1 nitrogen and oxygen atoms in total. The van der Waals surface area contributed by atoms with Gasteiger partial charge in [-0.05, 0) is 14.1 Å². The summed E-state index contributed by atoms with van der Waals surface area (Å²) in [6.07, 6.45) is 1.88. The summed E-state index contributed by atoms with van der Waals surface area (Å²) in [5, 5.41) is 0. The third kappa shape index (κ3) is 3.70. The summed E-state index contributed by atoms with van der Waals surface area (Å²) < 4.78 is 0. The Morgan fingerprint density at radius 2 is 2.50 bits per heavy atom. The molecule has 36 valence electrons. The molecular formula is C5H11N. The van der Waals surface area contributed by atoms with Gasteiger partial charge in [-0.25, -0.2) is 0 Å². The highest BCUT2D eigenvalue weighted by atomic mass is 15.4. The highest BCUT2D eigenvalue weighted by Crippen LogP contribution is 1.69. The van der Waals surface area contributed by atoms with Crippen LogP contribution in [0.5, 0.6) is 0 Å². The minimum absolute atomic E-state index is 0.972. The second kappa shape index (κ2) is 2.91. The molecule has 0 amide bonds. The SMILES string of the molecule is C=CCN(C)[14CH3]. The lowest BCUT2D eigenvalue weighted by molar-refractivity contribution is 0.457. The van der Waals surface area contributed by atoms with Crippen molar-refractivity contribution in [3.05, 3.63) is 12.7 Å². The average molecular weight is 87.1 g/mol. The van der Waals surface area contributed by atoms with Gasteiger partial charge in [-0.3, -0.25) is 0 Å². The molecule has 6 heavy (non-hydrogen) atoms. The van der Waals surface area contributed by atoms with E-state index in [9.17, 15) is 0 Å². The fourth-order valence-corrected chi connectivity index (χ4v) is 0.258. The number of rotatable bonds is 2. The molecule has 0 aliphatic heterocycles. The monoisotopic (exact) mass is 87.1 g/mol. The molecule has 0 saturated carbocycles. The topological polar surface area (TPSA) is 3.24 Å². The molecule has 0 aromatic rings. The molecule has 0 aliphatic rings. The Kier molecular flexibility index (Phi) is 2.77. The molecule has 0 heterocycles. The van der Waals surface area contributed by atoms with E-state index >= 15 is 0 Å². The van der Waals surface area contributed by atoms with Crippen LogP contribution in [0, 0.1) is 0 Å². The number of likely N-dealkylation sites (N-methyl/N-ethyl adjacent to an activating group) is 1. The maximum absolute atomic E-state index is 3.56. The van der Waals surface area contributed by atoms with Crippen molar-refractivity contribution >= 4 is 0 Å². The summed E-state index contributed by atoms with van der Waals surface area (Å²) in [6.45, 7) is 4.53. The van der Waals surface area contributed by atoms with Crippen molar-refractivity contribution in [3.63, 3.8) is 0 Å². The first-order chi connectivity index (χ1) is 2.77. The second-order valence-electron chi connectivity index (χ2n) is 1.55. The Morgan fingerprint density at radius 3 is 2.50 bits per heavy atom. The van der Waals surface area contributed by atoms with Gasteiger partial charge >= 0.3 is 0 Å². The normalized spacial score (nSPS) is 9.17. The van der Waals surface area contributed by atoms with E-state index in [1.54, 1.807) is 0 Å². The molecule has 0 atom stereocenters. The van der Waals surface area contributed by atoms with Gasteiger partial charge in [0.05, 0.1) is 0 Å². The van der Waals surface area contributed by atoms with Crippen LogP contribution in [0.3, 0.4) is 0 Å². The molecule has 0 rings (SSSR count). The van der Waals surface area contributed by atoms with Gasteiger partial charge < -0.3 is 4.90 Å². The lowest BCUT2D eigenvalue weighted by atomic mass is 10.6.